The predicted molar refractivity (Wildman–Crippen MR) is 92.0 cm³/mol. The summed E-state index contributed by atoms with van der Waals surface area (Å²) in [4.78, 5) is 36.6. The number of nitrogens with zero attached hydrogens (tertiary/aromatic N) is 1. The van der Waals surface area contributed by atoms with Crippen LogP contribution in [-0.4, -0.2) is 42.8 Å². The number of hydrogen-bond donors (Lipinski definition) is 2. The van der Waals surface area contributed by atoms with Crippen molar-refractivity contribution in [2.24, 2.45) is 0 Å². The highest BCUT2D eigenvalue weighted by atomic mass is 19.4. The molecule has 3 amide bonds. The van der Waals surface area contributed by atoms with Crippen LogP contribution in [0.15, 0.2) is 47.1 Å². The van der Waals surface area contributed by atoms with Crippen LogP contribution in [0.1, 0.15) is 21.7 Å². The van der Waals surface area contributed by atoms with Crippen LogP contribution in [0.2, 0.25) is 0 Å². The molecule has 7 nitrogen and oxygen atoms in total. The number of rotatable bonds is 7. The molecule has 28 heavy (non-hydrogen) atoms. The third-order valence-corrected chi connectivity index (χ3v) is 3.72. The Hall–Kier alpha value is -3.30. The third kappa shape index (κ3) is 6.15. The van der Waals surface area contributed by atoms with E-state index in [1.54, 1.807) is 0 Å². The Balaban J connectivity index is 1.74. The fourth-order valence-corrected chi connectivity index (χ4v) is 2.19. The van der Waals surface area contributed by atoms with Gasteiger partial charge in [-0.05, 0) is 29.8 Å². The molecule has 1 aromatic carbocycles. The van der Waals surface area contributed by atoms with Crippen molar-refractivity contribution in [2.45, 2.75) is 12.7 Å². The van der Waals surface area contributed by atoms with E-state index in [1.165, 1.54) is 42.5 Å². The molecule has 2 rings (SSSR count). The molecule has 0 unspecified atom stereocenters. The molecule has 0 atom stereocenters. The second-order valence-electron chi connectivity index (χ2n) is 5.88. The Kier molecular flexibility index (Phi) is 6.80. The summed E-state index contributed by atoms with van der Waals surface area (Å²) in [5.74, 6) is -1.52. The molecule has 150 valence electrons. The molecule has 1 heterocycles. The summed E-state index contributed by atoms with van der Waals surface area (Å²) < 4.78 is 42.5. The molecule has 1 aromatic heterocycles. The lowest BCUT2D eigenvalue weighted by atomic mass is 10.1. The van der Waals surface area contributed by atoms with E-state index in [-0.39, 0.29) is 25.4 Å². The number of furan rings is 1. The van der Waals surface area contributed by atoms with Gasteiger partial charge >= 0.3 is 6.18 Å². The largest absolute Gasteiger partial charge is 0.459 e. The van der Waals surface area contributed by atoms with Gasteiger partial charge in [-0.1, -0.05) is 12.1 Å². The zero-order valence-electron chi connectivity index (χ0n) is 14.9. The maximum absolute atomic E-state index is 12.5. The summed E-state index contributed by atoms with van der Waals surface area (Å²) in [6, 6.07) is 7.42. The average Bonchev–Trinajstić information content (AvgIpc) is 3.18. The van der Waals surface area contributed by atoms with Gasteiger partial charge in [0, 0.05) is 13.6 Å². The zero-order valence-corrected chi connectivity index (χ0v) is 14.9. The van der Waals surface area contributed by atoms with Crippen molar-refractivity contribution < 1.29 is 32.0 Å². The topological polar surface area (TPSA) is 91.7 Å². The van der Waals surface area contributed by atoms with Crippen molar-refractivity contribution in [3.05, 3.63) is 59.5 Å². The van der Waals surface area contributed by atoms with E-state index in [9.17, 15) is 27.6 Å². The monoisotopic (exact) mass is 397 g/mol. The molecule has 0 fully saturated rings. The van der Waals surface area contributed by atoms with Crippen molar-refractivity contribution in [3.63, 3.8) is 0 Å². The van der Waals surface area contributed by atoms with E-state index >= 15 is 0 Å². The Morgan fingerprint density at radius 1 is 1.04 bits per heavy atom. The zero-order chi connectivity index (χ0) is 20.7. The van der Waals surface area contributed by atoms with Crippen molar-refractivity contribution in [1.29, 1.82) is 0 Å². The maximum atomic E-state index is 12.5. The van der Waals surface area contributed by atoms with Crippen LogP contribution >= 0.6 is 0 Å². The standard InChI is InChI=1S/C18H18F3N3O4/c1-24(11-12-4-6-13(7-5-12)18(19,20)21)16(26)10-22-15(25)9-23-17(27)14-3-2-8-28-14/h2-8H,9-11H2,1H3,(H,22,25)(H,23,27). The predicted octanol–water partition coefficient (Wildman–Crippen LogP) is 1.80. The van der Waals surface area contributed by atoms with Gasteiger partial charge < -0.3 is 20.0 Å². The molecule has 0 aliphatic rings. The van der Waals surface area contributed by atoms with Gasteiger partial charge in [0.25, 0.3) is 5.91 Å². The molecule has 0 aliphatic carbocycles. The number of carbonyl (C=O) groups is 3. The van der Waals surface area contributed by atoms with Crippen LogP contribution in [0.5, 0.6) is 0 Å². The fraction of sp³-hybridized carbons (Fsp3) is 0.278. The van der Waals surface area contributed by atoms with E-state index in [0.29, 0.717) is 5.56 Å². The van der Waals surface area contributed by atoms with Gasteiger partial charge in [-0.15, -0.1) is 0 Å². The van der Waals surface area contributed by atoms with Crippen molar-refractivity contribution in [1.82, 2.24) is 15.5 Å². The highest BCUT2D eigenvalue weighted by Crippen LogP contribution is 2.29. The lowest BCUT2D eigenvalue weighted by Crippen LogP contribution is -2.42. The summed E-state index contributed by atoms with van der Waals surface area (Å²) >= 11 is 0. The SMILES string of the molecule is CN(Cc1ccc(C(F)(F)F)cc1)C(=O)CNC(=O)CNC(=O)c1ccco1. The van der Waals surface area contributed by atoms with Crippen LogP contribution in [0.3, 0.4) is 0 Å². The lowest BCUT2D eigenvalue weighted by Gasteiger charge is -2.18. The molecule has 0 spiro atoms. The number of likely N-dealkylation sites (N-methyl/N-ethyl adjacent to an activating group) is 1. The van der Waals surface area contributed by atoms with Gasteiger partial charge in [0.1, 0.15) is 0 Å². The maximum Gasteiger partial charge on any atom is 0.416 e. The number of nitrogens with one attached hydrogen (secondary N) is 2. The summed E-state index contributed by atoms with van der Waals surface area (Å²) in [6.45, 7) is -0.565. The second kappa shape index (κ2) is 9.07. The molecule has 10 heteroatoms. The van der Waals surface area contributed by atoms with Crippen LogP contribution in [0.4, 0.5) is 13.2 Å². The summed E-state index contributed by atoms with van der Waals surface area (Å²) in [5, 5.41) is 4.69. The third-order valence-electron chi connectivity index (χ3n) is 3.72. The Bertz CT molecular complexity index is 818. The Labute approximate surface area is 158 Å². The van der Waals surface area contributed by atoms with E-state index in [1.807, 2.05) is 0 Å². The molecule has 0 saturated heterocycles. The lowest BCUT2D eigenvalue weighted by molar-refractivity contribution is -0.137. The highest BCUT2D eigenvalue weighted by molar-refractivity contribution is 5.94. The minimum Gasteiger partial charge on any atom is -0.459 e. The van der Waals surface area contributed by atoms with Crippen molar-refractivity contribution >= 4 is 17.7 Å². The quantitative estimate of drug-likeness (QED) is 0.745. The van der Waals surface area contributed by atoms with Gasteiger partial charge in [-0.3, -0.25) is 14.4 Å². The average molecular weight is 397 g/mol. The van der Waals surface area contributed by atoms with Crippen LogP contribution < -0.4 is 10.6 Å². The Morgan fingerprint density at radius 3 is 2.29 bits per heavy atom. The molecular formula is C18H18F3N3O4. The number of hydrogen-bond acceptors (Lipinski definition) is 4. The first-order valence-electron chi connectivity index (χ1n) is 8.15. The van der Waals surface area contributed by atoms with Gasteiger partial charge in [0.05, 0.1) is 24.9 Å². The molecule has 2 N–H and O–H groups in total. The first kappa shape index (κ1) is 21.0. The first-order chi connectivity index (χ1) is 13.2. The number of carbonyl (C=O) groups excluding carboxylic acids is 3. The van der Waals surface area contributed by atoms with Crippen molar-refractivity contribution in [2.75, 3.05) is 20.1 Å². The number of benzene rings is 1. The van der Waals surface area contributed by atoms with Crippen LogP contribution in [0.25, 0.3) is 0 Å². The smallest absolute Gasteiger partial charge is 0.416 e. The van der Waals surface area contributed by atoms with E-state index in [4.69, 9.17) is 4.42 Å². The van der Waals surface area contributed by atoms with E-state index < -0.39 is 29.5 Å². The van der Waals surface area contributed by atoms with Gasteiger partial charge in [-0.2, -0.15) is 13.2 Å². The minimum atomic E-state index is -4.42. The van der Waals surface area contributed by atoms with Crippen LogP contribution in [-0.2, 0) is 22.3 Å². The van der Waals surface area contributed by atoms with Crippen molar-refractivity contribution in [3.8, 4) is 0 Å². The highest BCUT2D eigenvalue weighted by Gasteiger charge is 2.30. The summed E-state index contributed by atoms with van der Waals surface area (Å²) in [6.07, 6.45) is -3.10. The van der Waals surface area contributed by atoms with E-state index in [2.05, 4.69) is 10.6 Å². The molecule has 2 aromatic rings. The molecular weight excluding hydrogens is 379 g/mol. The number of alkyl halides is 3. The normalized spacial score (nSPS) is 11.0. The van der Waals surface area contributed by atoms with Gasteiger partial charge in [0.15, 0.2) is 5.76 Å². The minimum absolute atomic E-state index is 0.0557. The summed E-state index contributed by atoms with van der Waals surface area (Å²) in [5.41, 5.74) is -0.255. The molecule has 0 radical (unpaired) electrons. The van der Waals surface area contributed by atoms with Crippen LogP contribution in [0, 0.1) is 0 Å². The van der Waals surface area contributed by atoms with Gasteiger partial charge in [-0.25, -0.2) is 0 Å². The fourth-order valence-electron chi connectivity index (χ4n) is 2.19. The van der Waals surface area contributed by atoms with E-state index in [0.717, 1.165) is 12.1 Å². The second-order valence-corrected chi connectivity index (χ2v) is 5.88. The van der Waals surface area contributed by atoms with Gasteiger partial charge in [0.2, 0.25) is 11.8 Å². The molecule has 0 aliphatic heterocycles. The number of amides is 3. The Morgan fingerprint density at radius 2 is 1.71 bits per heavy atom. The molecule has 0 saturated carbocycles. The number of halogens is 3. The first-order valence-corrected chi connectivity index (χ1v) is 8.15. The summed E-state index contributed by atoms with van der Waals surface area (Å²) in [7, 11) is 1.46. The molecule has 0 bridgehead atoms.